The minimum Gasteiger partial charge on any atom is -0.400 e. The van der Waals surface area contributed by atoms with Crippen LogP contribution in [0.1, 0.15) is 40.0 Å². The quantitative estimate of drug-likeness (QED) is 0.580. The van der Waals surface area contributed by atoms with Crippen molar-refractivity contribution in [3.63, 3.8) is 0 Å². The molecule has 0 aromatic rings. The van der Waals surface area contributed by atoms with Crippen LogP contribution in [0.5, 0.6) is 0 Å². The lowest BCUT2D eigenvalue weighted by atomic mass is 9.96. The van der Waals surface area contributed by atoms with Crippen molar-refractivity contribution >= 4 is 22.0 Å². The summed E-state index contributed by atoms with van der Waals surface area (Å²) < 4.78 is 32.1. The van der Waals surface area contributed by atoms with Crippen LogP contribution in [0.3, 0.4) is 0 Å². The van der Waals surface area contributed by atoms with Gasteiger partial charge < -0.3 is 27.7 Å². The first-order chi connectivity index (χ1) is 8.80. The molecule has 0 amide bonds. The van der Waals surface area contributed by atoms with Crippen molar-refractivity contribution < 1.29 is 27.7 Å². The van der Waals surface area contributed by atoms with Crippen molar-refractivity contribution in [1.82, 2.24) is 0 Å². The van der Waals surface area contributed by atoms with Gasteiger partial charge in [-0.3, -0.25) is 0 Å². The van der Waals surface area contributed by atoms with Crippen LogP contribution < -0.4 is 0 Å². The number of hydrogen-bond acceptors (Lipinski definition) is 6. The lowest BCUT2D eigenvalue weighted by Crippen LogP contribution is -2.53. The van der Waals surface area contributed by atoms with Gasteiger partial charge in [-0.2, -0.15) is 0 Å². The van der Waals surface area contributed by atoms with Gasteiger partial charge in [-0.1, -0.05) is 20.8 Å². The van der Waals surface area contributed by atoms with Gasteiger partial charge >= 0.3 is 22.0 Å². The van der Waals surface area contributed by atoms with E-state index in [2.05, 4.69) is 0 Å². The molecule has 6 nitrogen and oxygen atoms in total. The highest BCUT2D eigenvalue weighted by atomic mass is 16.9. The van der Waals surface area contributed by atoms with Gasteiger partial charge in [0.25, 0.3) is 0 Å². The SMILES string of the molecule is CCCOB1OB(OCCC)OB(OCCC)O1. The molecular weight excluding hydrogens is 237 g/mol. The Bertz CT molecular complexity index is 171. The second kappa shape index (κ2) is 9.83. The molecule has 1 aliphatic rings. The molecule has 102 valence electrons. The molecule has 0 radical (unpaired) electrons. The average molecular weight is 258 g/mol. The van der Waals surface area contributed by atoms with Crippen LogP contribution in [0.4, 0.5) is 0 Å². The van der Waals surface area contributed by atoms with Crippen LogP contribution >= 0.6 is 0 Å². The average Bonchev–Trinajstić information content (AvgIpc) is 2.40. The molecule has 9 heteroatoms. The zero-order valence-corrected chi connectivity index (χ0v) is 11.4. The predicted octanol–water partition coefficient (Wildman–Crippen LogP) is 1.28. The highest BCUT2D eigenvalue weighted by Gasteiger charge is 2.46. The van der Waals surface area contributed by atoms with E-state index in [1.807, 2.05) is 20.8 Å². The van der Waals surface area contributed by atoms with E-state index in [-0.39, 0.29) is 0 Å². The van der Waals surface area contributed by atoms with Crippen LogP contribution in [-0.2, 0) is 27.7 Å². The Morgan fingerprint density at radius 3 is 1.11 bits per heavy atom. The topological polar surface area (TPSA) is 55.4 Å². The van der Waals surface area contributed by atoms with Gasteiger partial charge in [-0.15, -0.1) is 0 Å². The maximum absolute atomic E-state index is 5.37. The third-order valence-electron chi connectivity index (χ3n) is 2.04. The summed E-state index contributed by atoms with van der Waals surface area (Å²) in [4.78, 5) is 0. The molecule has 0 unspecified atom stereocenters. The fourth-order valence-corrected chi connectivity index (χ4v) is 1.25. The summed E-state index contributed by atoms with van der Waals surface area (Å²) in [5.41, 5.74) is 0. The van der Waals surface area contributed by atoms with Crippen molar-refractivity contribution in [2.45, 2.75) is 40.0 Å². The first-order valence-corrected chi connectivity index (χ1v) is 6.61. The molecule has 1 heterocycles. The van der Waals surface area contributed by atoms with E-state index in [0.29, 0.717) is 19.8 Å². The smallest absolute Gasteiger partial charge is 0.400 e. The van der Waals surface area contributed by atoms with Gasteiger partial charge in [0, 0.05) is 19.8 Å². The Balaban J connectivity index is 2.38. The van der Waals surface area contributed by atoms with Gasteiger partial charge in [-0.05, 0) is 19.3 Å². The van der Waals surface area contributed by atoms with Crippen molar-refractivity contribution in [3.8, 4) is 0 Å². The Hall–Kier alpha value is -0.0452. The summed E-state index contributed by atoms with van der Waals surface area (Å²) in [6.45, 7) is 7.67. The molecular formula is C9H21B3O6. The third-order valence-corrected chi connectivity index (χ3v) is 2.04. The summed E-state index contributed by atoms with van der Waals surface area (Å²) in [5, 5.41) is 0. The Kier molecular flexibility index (Phi) is 8.74. The molecule has 18 heavy (non-hydrogen) atoms. The molecule has 1 fully saturated rings. The molecule has 0 bridgehead atoms. The highest BCUT2D eigenvalue weighted by Crippen LogP contribution is 2.11. The number of hydrogen-bond donors (Lipinski definition) is 0. The molecule has 0 saturated carbocycles. The zero-order chi connectivity index (χ0) is 13.2. The first kappa shape index (κ1) is 16.0. The van der Waals surface area contributed by atoms with Gasteiger partial charge in [0.15, 0.2) is 0 Å². The molecule has 0 spiro atoms. The van der Waals surface area contributed by atoms with Gasteiger partial charge in [0.1, 0.15) is 0 Å². The predicted molar refractivity (Wildman–Crippen MR) is 69.2 cm³/mol. The molecule has 0 aromatic heterocycles. The molecule has 0 N–H and O–H groups in total. The second-order valence-electron chi connectivity index (χ2n) is 3.89. The molecule has 0 atom stereocenters. The minimum absolute atomic E-state index is 0.547. The Morgan fingerprint density at radius 1 is 0.611 bits per heavy atom. The van der Waals surface area contributed by atoms with E-state index in [9.17, 15) is 0 Å². The van der Waals surface area contributed by atoms with E-state index < -0.39 is 22.0 Å². The highest BCUT2D eigenvalue weighted by molar-refractivity contribution is 6.66. The fourth-order valence-electron chi connectivity index (χ4n) is 1.25. The van der Waals surface area contributed by atoms with Crippen molar-refractivity contribution in [3.05, 3.63) is 0 Å². The van der Waals surface area contributed by atoms with Crippen LogP contribution in [0.2, 0.25) is 0 Å². The van der Waals surface area contributed by atoms with Crippen molar-refractivity contribution in [2.24, 2.45) is 0 Å². The summed E-state index contributed by atoms with van der Waals surface area (Å²) in [7, 11) is -2.41. The monoisotopic (exact) mass is 258 g/mol. The van der Waals surface area contributed by atoms with Gasteiger partial charge in [0.2, 0.25) is 0 Å². The van der Waals surface area contributed by atoms with E-state index in [1.165, 1.54) is 0 Å². The van der Waals surface area contributed by atoms with E-state index >= 15 is 0 Å². The van der Waals surface area contributed by atoms with Gasteiger partial charge in [-0.25, -0.2) is 0 Å². The maximum Gasteiger partial charge on any atom is 0.615 e. The Labute approximate surface area is 110 Å². The molecule has 0 aliphatic carbocycles. The molecule has 1 aliphatic heterocycles. The standard InChI is InChI=1S/C9H21B3O6/c1-4-7-13-10-16-11(14-8-5-2)18-12(17-10)15-9-6-3/h4-9H2,1-3H3. The molecule has 0 aromatic carbocycles. The largest absolute Gasteiger partial charge is 0.615 e. The first-order valence-electron chi connectivity index (χ1n) is 6.61. The second-order valence-corrected chi connectivity index (χ2v) is 3.89. The lowest BCUT2D eigenvalue weighted by molar-refractivity contribution is 0.0668. The van der Waals surface area contributed by atoms with E-state index in [1.54, 1.807) is 0 Å². The van der Waals surface area contributed by atoms with Crippen molar-refractivity contribution in [1.29, 1.82) is 0 Å². The van der Waals surface area contributed by atoms with Crippen LogP contribution in [-0.4, -0.2) is 41.8 Å². The maximum atomic E-state index is 5.37. The summed E-state index contributed by atoms with van der Waals surface area (Å²) in [6.07, 6.45) is 2.64. The third kappa shape index (κ3) is 6.22. The summed E-state index contributed by atoms with van der Waals surface area (Å²) in [6, 6.07) is 0. The van der Waals surface area contributed by atoms with Crippen molar-refractivity contribution in [2.75, 3.05) is 19.8 Å². The lowest BCUT2D eigenvalue weighted by Gasteiger charge is -2.27. The van der Waals surface area contributed by atoms with E-state index in [4.69, 9.17) is 27.7 Å². The number of rotatable bonds is 9. The minimum atomic E-state index is -0.803. The normalized spacial score (nSPS) is 16.5. The van der Waals surface area contributed by atoms with Gasteiger partial charge in [0.05, 0.1) is 0 Å². The Morgan fingerprint density at radius 2 is 0.889 bits per heavy atom. The van der Waals surface area contributed by atoms with Crippen LogP contribution in [0.15, 0.2) is 0 Å². The van der Waals surface area contributed by atoms with E-state index in [0.717, 1.165) is 19.3 Å². The summed E-state index contributed by atoms with van der Waals surface area (Å²) in [5.74, 6) is 0. The molecule has 1 saturated heterocycles. The molecule has 1 rings (SSSR count). The summed E-state index contributed by atoms with van der Waals surface area (Å²) >= 11 is 0. The van der Waals surface area contributed by atoms with Crippen LogP contribution in [0, 0.1) is 0 Å². The van der Waals surface area contributed by atoms with Crippen LogP contribution in [0.25, 0.3) is 0 Å². The fraction of sp³-hybridized carbons (Fsp3) is 1.00. The zero-order valence-electron chi connectivity index (χ0n) is 11.4.